The fourth-order valence-electron chi connectivity index (χ4n) is 4.89. The number of allylic oxidation sites excluding steroid dienone is 2. The molecule has 0 saturated carbocycles. The summed E-state index contributed by atoms with van der Waals surface area (Å²) >= 11 is 0. The van der Waals surface area contributed by atoms with Crippen LogP contribution in [0.15, 0.2) is 115 Å². The summed E-state index contributed by atoms with van der Waals surface area (Å²) in [4.78, 5) is 29.3. The van der Waals surface area contributed by atoms with Gasteiger partial charge in [0.2, 0.25) is 0 Å². The van der Waals surface area contributed by atoms with E-state index in [1.165, 1.54) is 11.1 Å². The van der Waals surface area contributed by atoms with Crippen LogP contribution in [0.1, 0.15) is 29.5 Å². The first-order valence-electron chi connectivity index (χ1n) is 15.4. The smallest absolute Gasteiger partial charge is 0.407 e. The van der Waals surface area contributed by atoms with E-state index in [0.717, 1.165) is 50.2 Å². The van der Waals surface area contributed by atoms with Gasteiger partial charge in [0.05, 0.1) is 0 Å². The first-order valence-corrected chi connectivity index (χ1v) is 15.4. The molecule has 0 spiro atoms. The van der Waals surface area contributed by atoms with Gasteiger partial charge < -0.3 is 20.1 Å². The molecule has 2 amide bonds. The molecule has 0 aliphatic heterocycles. The summed E-state index contributed by atoms with van der Waals surface area (Å²) in [5, 5.41) is 5.80. The van der Waals surface area contributed by atoms with Crippen molar-refractivity contribution in [3.8, 4) is 0 Å². The third-order valence-corrected chi connectivity index (χ3v) is 7.28. The van der Waals surface area contributed by atoms with Gasteiger partial charge in [-0.25, -0.2) is 9.59 Å². The molecule has 8 nitrogen and oxygen atoms in total. The molecule has 44 heavy (non-hydrogen) atoms. The number of amides is 2. The molecule has 0 bridgehead atoms. The van der Waals surface area contributed by atoms with E-state index < -0.39 is 12.2 Å². The van der Waals surface area contributed by atoms with Crippen molar-refractivity contribution >= 4 is 12.2 Å². The van der Waals surface area contributed by atoms with Crippen molar-refractivity contribution in [2.45, 2.75) is 32.5 Å². The minimum atomic E-state index is -0.423. The number of nitrogens with one attached hydrogen (secondary N) is 2. The first-order chi connectivity index (χ1) is 21.6. The molecule has 8 heteroatoms. The van der Waals surface area contributed by atoms with Crippen LogP contribution in [0.3, 0.4) is 0 Å². The van der Waals surface area contributed by atoms with Crippen LogP contribution >= 0.6 is 0 Å². The van der Waals surface area contributed by atoms with Crippen LogP contribution in [0.5, 0.6) is 0 Å². The van der Waals surface area contributed by atoms with E-state index in [4.69, 9.17) is 9.47 Å². The summed E-state index contributed by atoms with van der Waals surface area (Å²) in [6.45, 7) is 5.92. The number of rotatable bonds is 17. The quantitative estimate of drug-likeness (QED) is 0.201. The number of ether oxygens (including phenoxy) is 2. The molecule has 3 aromatic carbocycles. The van der Waals surface area contributed by atoms with Crippen molar-refractivity contribution < 1.29 is 19.1 Å². The van der Waals surface area contributed by atoms with Crippen molar-refractivity contribution in [1.29, 1.82) is 0 Å². The lowest BCUT2D eigenvalue weighted by molar-refractivity contribution is 0.136. The van der Waals surface area contributed by atoms with E-state index in [2.05, 4.69) is 56.9 Å². The maximum Gasteiger partial charge on any atom is 0.407 e. The van der Waals surface area contributed by atoms with E-state index in [1.807, 2.05) is 72.8 Å². The van der Waals surface area contributed by atoms with E-state index in [1.54, 1.807) is 0 Å². The Hall–Kier alpha value is -4.40. The summed E-state index contributed by atoms with van der Waals surface area (Å²) in [5.41, 5.74) is 4.41. The number of hydrogen-bond acceptors (Lipinski definition) is 6. The Morgan fingerprint density at radius 2 is 1.07 bits per heavy atom. The Kier molecular flexibility index (Phi) is 14.0. The molecule has 0 fully saturated rings. The molecule has 0 radical (unpaired) electrons. The second-order valence-corrected chi connectivity index (χ2v) is 10.8. The molecule has 0 heterocycles. The standard InChI is InChI=1S/C36H44N4O4/c41-35(43-29-33-17-9-3-10-18-33)37-21-23-39(27-31-13-5-1-6-14-31)25-26-40(28-32-15-7-2-8-16-32)24-22-38-36(42)44-30-34-19-11-4-12-20-34/h1-3,5-11,13-20H,4,12,21-30H2,(H,37,41)(H,38,42). The molecule has 1 aliphatic rings. The summed E-state index contributed by atoms with van der Waals surface area (Å²) in [5.74, 6) is 0. The second-order valence-electron chi connectivity index (χ2n) is 10.8. The molecule has 1 aliphatic carbocycles. The van der Waals surface area contributed by atoms with Gasteiger partial charge in [0.15, 0.2) is 0 Å². The van der Waals surface area contributed by atoms with E-state index in [-0.39, 0.29) is 6.61 Å². The van der Waals surface area contributed by atoms with Gasteiger partial charge in [-0.1, -0.05) is 109 Å². The Morgan fingerprint density at radius 3 is 1.55 bits per heavy atom. The van der Waals surface area contributed by atoms with Gasteiger partial charge in [-0.3, -0.25) is 9.80 Å². The molecule has 0 atom stereocenters. The van der Waals surface area contributed by atoms with Crippen LogP contribution in [0.2, 0.25) is 0 Å². The topological polar surface area (TPSA) is 83.1 Å². The highest BCUT2D eigenvalue weighted by molar-refractivity contribution is 5.67. The van der Waals surface area contributed by atoms with Gasteiger partial charge in [0.1, 0.15) is 13.2 Å². The maximum absolute atomic E-state index is 12.3. The highest BCUT2D eigenvalue weighted by atomic mass is 16.6. The van der Waals surface area contributed by atoms with Gasteiger partial charge in [-0.05, 0) is 35.1 Å². The Bertz CT molecular complexity index is 1320. The van der Waals surface area contributed by atoms with E-state index >= 15 is 0 Å². The van der Waals surface area contributed by atoms with Crippen molar-refractivity contribution in [3.05, 3.63) is 131 Å². The second kappa shape index (κ2) is 19.0. The van der Waals surface area contributed by atoms with Crippen molar-refractivity contribution in [2.24, 2.45) is 0 Å². The number of alkyl carbamates (subject to hydrolysis) is 2. The lowest BCUT2D eigenvalue weighted by Crippen LogP contribution is -2.41. The van der Waals surface area contributed by atoms with Crippen LogP contribution < -0.4 is 10.6 Å². The van der Waals surface area contributed by atoms with Crippen LogP contribution in [-0.4, -0.2) is 67.9 Å². The van der Waals surface area contributed by atoms with Gasteiger partial charge in [-0.2, -0.15) is 0 Å². The average Bonchev–Trinajstić information content (AvgIpc) is 3.07. The fraction of sp³-hybridized carbons (Fsp3) is 0.333. The predicted octanol–water partition coefficient (Wildman–Crippen LogP) is 5.92. The van der Waals surface area contributed by atoms with Gasteiger partial charge in [0.25, 0.3) is 0 Å². The third kappa shape index (κ3) is 12.9. The number of carbonyl (C=O) groups is 2. The lowest BCUT2D eigenvalue weighted by Gasteiger charge is -2.28. The number of carbonyl (C=O) groups excluding carboxylic acids is 2. The van der Waals surface area contributed by atoms with Crippen LogP contribution in [0.4, 0.5) is 9.59 Å². The largest absolute Gasteiger partial charge is 0.445 e. The third-order valence-electron chi connectivity index (χ3n) is 7.28. The molecule has 0 aromatic heterocycles. The Morgan fingerprint density at radius 1 is 0.591 bits per heavy atom. The normalized spacial score (nSPS) is 12.5. The molecule has 4 rings (SSSR count). The number of benzene rings is 3. The highest BCUT2D eigenvalue weighted by Crippen LogP contribution is 2.10. The van der Waals surface area contributed by atoms with Gasteiger partial charge in [0, 0.05) is 52.4 Å². The monoisotopic (exact) mass is 596 g/mol. The molecule has 232 valence electrons. The van der Waals surface area contributed by atoms with Crippen LogP contribution in [0.25, 0.3) is 0 Å². The zero-order chi connectivity index (χ0) is 30.7. The SMILES string of the molecule is O=C(NCCN(CCN(CCNC(=O)OCc1ccccc1)Cc1ccccc1)Cc1ccccc1)OCC1=CCCC=C1. The summed E-state index contributed by atoms with van der Waals surface area (Å²) < 4.78 is 10.8. The Balaban J connectivity index is 1.27. The minimum absolute atomic E-state index is 0.241. The van der Waals surface area contributed by atoms with Crippen molar-refractivity contribution in [2.75, 3.05) is 45.9 Å². The molecule has 3 aromatic rings. The van der Waals surface area contributed by atoms with Crippen LogP contribution in [-0.2, 0) is 29.2 Å². The fourth-order valence-corrected chi connectivity index (χ4v) is 4.89. The zero-order valence-electron chi connectivity index (χ0n) is 25.4. The first kappa shape index (κ1) is 32.5. The predicted molar refractivity (Wildman–Crippen MR) is 174 cm³/mol. The number of nitrogens with zero attached hydrogens (tertiary/aromatic N) is 2. The molecule has 0 saturated heterocycles. The van der Waals surface area contributed by atoms with Crippen molar-refractivity contribution in [1.82, 2.24) is 20.4 Å². The summed E-state index contributed by atoms with van der Waals surface area (Å²) in [7, 11) is 0. The van der Waals surface area contributed by atoms with E-state index in [0.29, 0.717) is 32.8 Å². The molecule has 2 N–H and O–H groups in total. The summed E-state index contributed by atoms with van der Waals surface area (Å²) in [6.07, 6.45) is 7.43. The van der Waals surface area contributed by atoms with Crippen LogP contribution in [0, 0.1) is 0 Å². The summed E-state index contributed by atoms with van der Waals surface area (Å²) in [6, 6.07) is 30.3. The molecular formula is C36H44N4O4. The maximum atomic E-state index is 12.3. The van der Waals surface area contributed by atoms with Crippen molar-refractivity contribution in [3.63, 3.8) is 0 Å². The zero-order valence-corrected chi connectivity index (χ0v) is 25.4. The molecule has 0 unspecified atom stereocenters. The van der Waals surface area contributed by atoms with Gasteiger partial charge >= 0.3 is 12.2 Å². The average molecular weight is 597 g/mol. The molecular weight excluding hydrogens is 552 g/mol. The van der Waals surface area contributed by atoms with E-state index in [9.17, 15) is 9.59 Å². The minimum Gasteiger partial charge on any atom is -0.445 e. The highest BCUT2D eigenvalue weighted by Gasteiger charge is 2.13. The number of hydrogen-bond donors (Lipinski definition) is 2. The van der Waals surface area contributed by atoms with Gasteiger partial charge in [-0.15, -0.1) is 0 Å². The lowest BCUT2D eigenvalue weighted by atomic mass is 10.1. The Labute approximate surface area is 261 Å².